The number of amides is 4. The maximum Gasteiger partial charge on any atom is 0.262 e. The summed E-state index contributed by atoms with van der Waals surface area (Å²) in [5, 5.41) is 1.71. The summed E-state index contributed by atoms with van der Waals surface area (Å²) in [6.07, 6.45) is 0.999. The third kappa shape index (κ3) is 3.43. The molecule has 0 spiro atoms. The van der Waals surface area contributed by atoms with Crippen LogP contribution in [0.25, 0.3) is 43.1 Å². The van der Waals surface area contributed by atoms with E-state index in [-0.39, 0.29) is 103 Å². The molecule has 2 aliphatic heterocycles. The molecule has 5 aromatic carbocycles. The van der Waals surface area contributed by atoms with Crippen LogP contribution in [-0.2, 0) is 0 Å². The molecule has 224 valence electrons. The van der Waals surface area contributed by atoms with Crippen molar-refractivity contribution >= 4 is 148 Å². The van der Waals surface area contributed by atoms with E-state index in [1.165, 1.54) is 0 Å². The Morgan fingerprint density at radius 2 is 0.705 bits per heavy atom. The average Bonchev–Trinajstić information content (AvgIpc) is 2.98. The maximum atomic E-state index is 13.9. The molecular weight excluding hydrogens is 713 g/mol. The molecule has 7 rings (SSSR count). The van der Waals surface area contributed by atoms with E-state index in [1.54, 1.807) is 6.92 Å². The molecule has 0 unspecified atom stereocenters. The molecule has 0 radical (unpaired) electrons. The number of hydrogen-bond acceptors (Lipinski definition) is 4. The van der Waals surface area contributed by atoms with Crippen molar-refractivity contribution in [3.8, 4) is 0 Å². The highest BCUT2D eigenvalue weighted by molar-refractivity contribution is 6.62. The van der Waals surface area contributed by atoms with E-state index >= 15 is 0 Å². The SMILES string of the molecule is CCCN1C(=O)c2c(C)c(Cl)c3c4c(Cl)c(Cl)c5c6c(c(Cl)c(Cl)c(c7c(Cl)c(Cl)c(c2c37)C1=O)c64)C(=O)N(CCC)C5=O. The van der Waals surface area contributed by atoms with Gasteiger partial charge in [-0.2, -0.15) is 0 Å². The normalized spacial score (nSPS) is 15.0. The molecule has 2 aliphatic rings. The van der Waals surface area contributed by atoms with Crippen LogP contribution in [0.4, 0.5) is 0 Å². The molecule has 0 aromatic heterocycles. The van der Waals surface area contributed by atoms with Crippen molar-refractivity contribution in [3.63, 3.8) is 0 Å². The highest BCUT2D eigenvalue weighted by Gasteiger charge is 2.43. The molecule has 0 bridgehead atoms. The lowest BCUT2D eigenvalue weighted by Gasteiger charge is -2.33. The molecule has 6 nitrogen and oxygen atoms in total. The quantitative estimate of drug-likeness (QED) is 0.105. The minimum absolute atomic E-state index is 0.0111. The van der Waals surface area contributed by atoms with Gasteiger partial charge in [-0.1, -0.05) is 95.1 Å². The number of imide groups is 2. The zero-order valence-corrected chi connectivity index (χ0v) is 28.3. The third-order valence-corrected chi connectivity index (χ3v) is 11.6. The first-order chi connectivity index (χ1) is 20.8. The van der Waals surface area contributed by atoms with Gasteiger partial charge in [0, 0.05) is 56.2 Å². The smallest absolute Gasteiger partial charge is 0.262 e. The van der Waals surface area contributed by atoms with Crippen LogP contribution in [0.2, 0.25) is 35.2 Å². The lowest BCUT2D eigenvalue weighted by molar-refractivity contribution is 0.0595. The van der Waals surface area contributed by atoms with Crippen molar-refractivity contribution < 1.29 is 19.2 Å². The lowest BCUT2D eigenvalue weighted by Crippen LogP contribution is -2.41. The first kappa shape index (κ1) is 30.4. The zero-order chi connectivity index (χ0) is 31.8. The van der Waals surface area contributed by atoms with Crippen LogP contribution in [-0.4, -0.2) is 46.5 Å². The monoisotopic (exact) mass is 726 g/mol. The summed E-state index contributed by atoms with van der Waals surface area (Å²) >= 11 is 48.8. The molecule has 0 aliphatic carbocycles. The van der Waals surface area contributed by atoms with Crippen LogP contribution >= 0.6 is 81.2 Å². The molecule has 0 saturated carbocycles. The molecule has 0 saturated heterocycles. The van der Waals surface area contributed by atoms with Crippen molar-refractivity contribution in [3.05, 3.63) is 63.0 Å². The summed E-state index contributed by atoms with van der Waals surface area (Å²) < 4.78 is 0. The number of rotatable bonds is 4. The fraction of sp³-hybridized carbons (Fsp3) is 0.226. The first-order valence-electron chi connectivity index (χ1n) is 13.6. The zero-order valence-electron chi connectivity index (χ0n) is 23.0. The predicted molar refractivity (Wildman–Crippen MR) is 179 cm³/mol. The van der Waals surface area contributed by atoms with E-state index in [1.807, 2.05) is 13.8 Å². The Labute approximate surface area is 284 Å². The topological polar surface area (TPSA) is 74.8 Å². The first-order valence-corrected chi connectivity index (χ1v) is 16.2. The second-order valence-corrected chi connectivity index (χ2v) is 13.5. The van der Waals surface area contributed by atoms with E-state index in [9.17, 15) is 19.2 Å². The molecular formula is C31H17Cl7N2O4. The number of hydrogen-bond donors (Lipinski definition) is 0. The minimum Gasteiger partial charge on any atom is -0.274 e. The predicted octanol–water partition coefficient (Wildman–Crippen LogP) is 10.6. The van der Waals surface area contributed by atoms with E-state index < -0.39 is 23.6 Å². The van der Waals surface area contributed by atoms with Crippen molar-refractivity contribution in [1.82, 2.24) is 9.80 Å². The molecule has 0 fully saturated rings. The Morgan fingerprint density at radius 1 is 0.409 bits per heavy atom. The van der Waals surface area contributed by atoms with E-state index in [4.69, 9.17) is 81.2 Å². The number of benzene rings is 5. The summed E-state index contributed by atoms with van der Waals surface area (Å²) in [6.45, 7) is 5.59. The standard InChI is InChI=1S/C31H17Cl7N2O4/c1-4-6-39-28(41)9-8(3)21(32)14-11-10(9)18(29(39)42)25(36)23(34)16(11)17-12-13-19(26(37)22(33)15(12)14)30(43)40(7-5-2)31(44)20(13)27(38)24(17)35/h4-7H2,1-3H3. The lowest BCUT2D eigenvalue weighted by atomic mass is 9.80. The summed E-state index contributed by atoms with van der Waals surface area (Å²) in [6, 6.07) is 0. The second-order valence-electron chi connectivity index (χ2n) is 10.8. The van der Waals surface area contributed by atoms with Crippen LogP contribution in [0.15, 0.2) is 0 Å². The van der Waals surface area contributed by atoms with E-state index in [0.717, 1.165) is 9.80 Å². The fourth-order valence-electron chi connectivity index (χ4n) is 6.80. The van der Waals surface area contributed by atoms with Gasteiger partial charge in [0.2, 0.25) is 0 Å². The summed E-state index contributed by atoms with van der Waals surface area (Å²) in [7, 11) is 0. The molecule has 13 heteroatoms. The Balaban J connectivity index is 1.86. The van der Waals surface area contributed by atoms with Gasteiger partial charge in [-0.3, -0.25) is 29.0 Å². The number of nitrogens with zero attached hydrogens (tertiary/aromatic N) is 2. The van der Waals surface area contributed by atoms with Gasteiger partial charge >= 0.3 is 0 Å². The molecule has 0 N–H and O–H groups in total. The Kier molecular flexibility index (Phi) is 6.97. The van der Waals surface area contributed by atoms with Crippen LogP contribution in [0.3, 0.4) is 0 Å². The fourth-order valence-corrected chi connectivity index (χ4v) is 8.74. The molecule has 5 aromatic rings. The van der Waals surface area contributed by atoms with Gasteiger partial charge in [0.15, 0.2) is 0 Å². The van der Waals surface area contributed by atoms with Crippen molar-refractivity contribution in [2.24, 2.45) is 0 Å². The van der Waals surface area contributed by atoms with E-state index in [0.29, 0.717) is 29.2 Å². The number of fused-ring (bicyclic) bond motifs is 2. The molecule has 2 heterocycles. The van der Waals surface area contributed by atoms with Crippen LogP contribution < -0.4 is 0 Å². The Hall–Kier alpha value is -2.29. The maximum absolute atomic E-state index is 13.9. The van der Waals surface area contributed by atoms with Gasteiger partial charge < -0.3 is 0 Å². The van der Waals surface area contributed by atoms with Gasteiger partial charge in [-0.25, -0.2) is 0 Å². The summed E-state index contributed by atoms with van der Waals surface area (Å²) in [5.74, 6) is -2.41. The highest BCUT2D eigenvalue weighted by Crippen LogP contribution is 2.58. The molecule has 0 atom stereocenters. The van der Waals surface area contributed by atoms with Crippen LogP contribution in [0.5, 0.6) is 0 Å². The highest BCUT2D eigenvalue weighted by atomic mass is 35.5. The average molecular weight is 730 g/mol. The van der Waals surface area contributed by atoms with Crippen LogP contribution in [0.1, 0.15) is 73.7 Å². The Morgan fingerprint density at radius 3 is 1.05 bits per heavy atom. The van der Waals surface area contributed by atoms with Gasteiger partial charge in [-0.15, -0.1) is 0 Å². The van der Waals surface area contributed by atoms with Gasteiger partial charge in [0.05, 0.1) is 57.4 Å². The Bertz CT molecular complexity index is 1980. The van der Waals surface area contributed by atoms with Gasteiger partial charge in [0.25, 0.3) is 23.6 Å². The minimum atomic E-state index is -0.637. The largest absolute Gasteiger partial charge is 0.274 e. The molecule has 44 heavy (non-hydrogen) atoms. The van der Waals surface area contributed by atoms with Crippen molar-refractivity contribution in [2.45, 2.75) is 33.6 Å². The number of carbonyl (C=O) groups excluding carboxylic acids is 4. The van der Waals surface area contributed by atoms with Gasteiger partial charge in [-0.05, 0) is 25.3 Å². The summed E-state index contributed by atoms with van der Waals surface area (Å²) in [4.78, 5) is 57.5. The van der Waals surface area contributed by atoms with Crippen LogP contribution in [0, 0.1) is 6.92 Å². The van der Waals surface area contributed by atoms with Crippen molar-refractivity contribution in [1.29, 1.82) is 0 Å². The number of halogens is 7. The number of carbonyl (C=O) groups is 4. The van der Waals surface area contributed by atoms with Crippen molar-refractivity contribution in [2.75, 3.05) is 13.1 Å². The van der Waals surface area contributed by atoms with E-state index in [2.05, 4.69) is 0 Å². The van der Waals surface area contributed by atoms with Gasteiger partial charge in [0.1, 0.15) is 0 Å². The summed E-state index contributed by atoms with van der Waals surface area (Å²) in [5.41, 5.74) is 0.583. The third-order valence-electron chi connectivity index (χ3n) is 8.55. The molecule has 4 amide bonds. The second kappa shape index (κ2) is 10.1.